The average Bonchev–Trinajstić information content (AvgIpc) is 3.08. The molecule has 21 heavy (non-hydrogen) atoms. The van der Waals surface area contributed by atoms with Gasteiger partial charge in [-0.15, -0.1) is 0 Å². The second kappa shape index (κ2) is 6.13. The number of imidazole rings is 1. The van der Waals surface area contributed by atoms with Crippen LogP contribution in [0.1, 0.15) is 11.5 Å². The van der Waals surface area contributed by atoms with Crippen molar-refractivity contribution >= 4 is 5.91 Å². The molecule has 3 rings (SSSR count). The molecule has 112 valence electrons. The first kappa shape index (κ1) is 13.9. The Bertz CT molecular complexity index is 591. The molecule has 0 saturated heterocycles. The fourth-order valence-electron chi connectivity index (χ4n) is 2.76. The molecule has 0 aliphatic carbocycles. The number of ether oxygens (including phenoxy) is 1. The molecule has 0 N–H and O–H groups in total. The molecule has 0 radical (unpaired) electrons. The van der Waals surface area contributed by atoms with Gasteiger partial charge in [0.2, 0.25) is 5.91 Å². The van der Waals surface area contributed by atoms with Crippen LogP contribution in [0.25, 0.3) is 0 Å². The normalized spacial score (nSPS) is 18.3. The van der Waals surface area contributed by atoms with Crippen molar-refractivity contribution in [2.75, 3.05) is 20.3 Å². The molecule has 6 nitrogen and oxygen atoms in total. The Morgan fingerprint density at radius 2 is 2.43 bits per heavy atom. The predicted octanol–water partition coefficient (Wildman–Crippen LogP) is 1.32. The van der Waals surface area contributed by atoms with Crippen LogP contribution in [0.15, 0.2) is 35.3 Å². The SMILES string of the molecule is COCC1CN(C(=O)Cc2ccco2)Cc2cncn2C1. The highest BCUT2D eigenvalue weighted by atomic mass is 16.5. The van der Waals surface area contributed by atoms with Crippen LogP contribution in [0.2, 0.25) is 0 Å². The van der Waals surface area contributed by atoms with Crippen molar-refractivity contribution in [3.63, 3.8) is 0 Å². The fourth-order valence-corrected chi connectivity index (χ4v) is 2.76. The first-order chi connectivity index (χ1) is 10.3. The van der Waals surface area contributed by atoms with E-state index in [2.05, 4.69) is 9.55 Å². The van der Waals surface area contributed by atoms with Gasteiger partial charge in [0, 0.05) is 32.3 Å². The molecule has 1 unspecified atom stereocenters. The van der Waals surface area contributed by atoms with Crippen molar-refractivity contribution in [3.05, 3.63) is 42.4 Å². The second-order valence-corrected chi connectivity index (χ2v) is 5.39. The van der Waals surface area contributed by atoms with Crippen molar-refractivity contribution in [3.8, 4) is 0 Å². The summed E-state index contributed by atoms with van der Waals surface area (Å²) in [6.07, 6.45) is 5.52. The molecule has 2 aromatic heterocycles. The lowest BCUT2D eigenvalue weighted by Gasteiger charge is -2.23. The van der Waals surface area contributed by atoms with Gasteiger partial charge in [-0.05, 0) is 12.1 Å². The third-order valence-corrected chi connectivity index (χ3v) is 3.75. The van der Waals surface area contributed by atoms with E-state index >= 15 is 0 Å². The summed E-state index contributed by atoms with van der Waals surface area (Å²) in [6.45, 7) is 2.73. The molecule has 1 atom stereocenters. The molecule has 2 aromatic rings. The summed E-state index contributed by atoms with van der Waals surface area (Å²) in [7, 11) is 1.69. The number of fused-ring (bicyclic) bond motifs is 1. The van der Waals surface area contributed by atoms with E-state index in [-0.39, 0.29) is 11.8 Å². The smallest absolute Gasteiger partial charge is 0.230 e. The number of furan rings is 1. The maximum Gasteiger partial charge on any atom is 0.230 e. The zero-order valence-electron chi connectivity index (χ0n) is 12.1. The lowest BCUT2D eigenvalue weighted by Crippen LogP contribution is -2.36. The molecule has 0 saturated carbocycles. The number of rotatable bonds is 4. The van der Waals surface area contributed by atoms with Gasteiger partial charge in [0.15, 0.2) is 0 Å². The average molecular weight is 289 g/mol. The summed E-state index contributed by atoms with van der Waals surface area (Å²) in [5.74, 6) is 1.03. The molecule has 0 fully saturated rings. The number of hydrogen-bond acceptors (Lipinski definition) is 4. The van der Waals surface area contributed by atoms with Crippen LogP contribution in [0.5, 0.6) is 0 Å². The molecule has 0 aromatic carbocycles. The van der Waals surface area contributed by atoms with Gasteiger partial charge in [-0.3, -0.25) is 4.79 Å². The maximum absolute atomic E-state index is 12.5. The number of nitrogens with zero attached hydrogens (tertiary/aromatic N) is 3. The highest BCUT2D eigenvalue weighted by molar-refractivity contribution is 5.78. The number of methoxy groups -OCH3 is 1. The van der Waals surface area contributed by atoms with Gasteiger partial charge in [0.1, 0.15) is 5.76 Å². The Morgan fingerprint density at radius 3 is 3.19 bits per heavy atom. The van der Waals surface area contributed by atoms with E-state index in [0.717, 1.165) is 12.2 Å². The maximum atomic E-state index is 12.5. The largest absolute Gasteiger partial charge is 0.469 e. The van der Waals surface area contributed by atoms with Gasteiger partial charge in [-0.2, -0.15) is 0 Å². The standard InChI is InChI=1S/C15H19N3O3/c1-20-10-12-7-17(9-13-6-16-11-18(13)8-12)15(19)5-14-3-2-4-21-14/h2-4,6,11-12H,5,7-10H2,1H3. The Labute approximate surface area is 123 Å². The highest BCUT2D eigenvalue weighted by Crippen LogP contribution is 2.17. The lowest BCUT2D eigenvalue weighted by atomic mass is 10.1. The van der Waals surface area contributed by atoms with E-state index < -0.39 is 0 Å². The number of amides is 1. The second-order valence-electron chi connectivity index (χ2n) is 5.39. The quantitative estimate of drug-likeness (QED) is 0.852. The summed E-state index contributed by atoms with van der Waals surface area (Å²) in [6, 6.07) is 3.63. The van der Waals surface area contributed by atoms with Crippen molar-refractivity contribution in [1.29, 1.82) is 0 Å². The molecular weight excluding hydrogens is 270 g/mol. The lowest BCUT2D eigenvalue weighted by molar-refractivity contribution is -0.132. The van der Waals surface area contributed by atoms with Crippen LogP contribution >= 0.6 is 0 Å². The van der Waals surface area contributed by atoms with Crippen LogP contribution in [-0.4, -0.2) is 40.6 Å². The van der Waals surface area contributed by atoms with Crippen LogP contribution in [0.3, 0.4) is 0 Å². The van der Waals surface area contributed by atoms with Gasteiger partial charge in [0.25, 0.3) is 0 Å². The minimum absolute atomic E-state index is 0.0701. The van der Waals surface area contributed by atoms with Gasteiger partial charge >= 0.3 is 0 Å². The molecular formula is C15H19N3O3. The zero-order valence-corrected chi connectivity index (χ0v) is 12.1. The van der Waals surface area contributed by atoms with E-state index in [1.165, 1.54) is 0 Å². The van der Waals surface area contributed by atoms with E-state index in [4.69, 9.17) is 9.15 Å². The van der Waals surface area contributed by atoms with Crippen LogP contribution in [0, 0.1) is 5.92 Å². The molecule has 1 aliphatic rings. The number of hydrogen-bond donors (Lipinski definition) is 0. The zero-order chi connectivity index (χ0) is 14.7. The highest BCUT2D eigenvalue weighted by Gasteiger charge is 2.25. The minimum atomic E-state index is 0.0701. The molecule has 1 amide bonds. The van der Waals surface area contributed by atoms with Gasteiger partial charge in [0.05, 0.1) is 37.9 Å². The fraction of sp³-hybridized carbons (Fsp3) is 0.467. The molecule has 1 aliphatic heterocycles. The topological polar surface area (TPSA) is 60.5 Å². The van der Waals surface area contributed by atoms with Crippen molar-refractivity contribution in [2.45, 2.75) is 19.5 Å². The van der Waals surface area contributed by atoms with Gasteiger partial charge in [-0.25, -0.2) is 4.98 Å². The van der Waals surface area contributed by atoms with Crippen LogP contribution in [-0.2, 0) is 29.0 Å². The number of carbonyl (C=O) groups is 1. The van der Waals surface area contributed by atoms with Crippen molar-refractivity contribution < 1.29 is 13.9 Å². The van der Waals surface area contributed by atoms with Crippen LogP contribution < -0.4 is 0 Å². The molecule has 0 bridgehead atoms. The first-order valence-corrected chi connectivity index (χ1v) is 7.04. The molecule has 0 spiro atoms. The third-order valence-electron chi connectivity index (χ3n) is 3.75. The Balaban J connectivity index is 1.75. The minimum Gasteiger partial charge on any atom is -0.469 e. The Hall–Kier alpha value is -2.08. The van der Waals surface area contributed by atoms with Gasteiger partial charge < -0.3 is 18.6 Å². The summed E-state index contributed by atoms with van der Waals surface area (Å²) >= 11 is 0. The van der Waals surface area contributed by atoms with Crippen LogP contribution in [0.4, 0.5) is 0 Å². The van der Waals surface area contributed by atoms with E-state index in [0.29, 0.717) is 31.9 Å². The summed E-state index contributed by atoms with van der Waals surface area (Å²) < 4.78 is 12.6. The number of carbonyl (C=O) groups excluding carboxylic acids is 1. The van der Waals surface area contributed by atoms with E-state index in [9.17, 15) is 4.79 Å². The monoisotopic (exact) mass is 289 g/mol. The van der Waals surface area contributed by atoms with Crippen molar-refractivity contribution in [1.82, 2.24) is 14.5 Å². The molecule has 6 heteroatoms. The van der Waals surface area contributed by atoms with E-state index in [1.807, 2.05) is 23.5 Å². The summed E-state index contributed by atoms with van der Waals surface area (Å²) in [5, 5.41) is 0. The van der Waals surface area contributed by atoms with Crippen molar-refractivity contribution in [2.24, 2.45) is 5.92 Å². The van der Waals surface area contributed by atoms with E-state index in [1.54, 1.807) is 19.4 Å². The Kier molecular flexibility index (Phi) is 4.06. The van der Waals surface area contributed by atoms with Gasteiger partial charge in [-0.1, -0.05) is 0 Å². The first-order valence-electron chi connectivity index (χ1n) is 7.04. The third kappa shape index (κ3) is 3.16. The summed E-state index contributed by atoms with van der Waals surface area (Å²) in [4.78, 5) is 18.5. The predicted molar refractivity (Wildman–Crippen MR) is 75.4 cm³/mol. The molecule has 3 heterocycles. The Morgan fingerprint density at radius 1 is 1.52 bits per heavy atom. The number of aromatic nitrogens is 2. The summed E-state index contributed by atoms with van der Waals surface area (Å²) in [5.41, 5.74) is 1.06.